The maximum absolute atomic E-state index is 13.8. The molecule has 29 heavy (non-hydrogen) atoms. The van der Waals surface area contributed by atoms with E-state index in [1.807, 2.05) is 11.1 Å². The van der Waals surface area contributed by atoms with Crippen molar-refractivity contribution >= 4 is 11.8 Å². The molecule has 3 aliphatic rings. The second-order valence-corrected chi connectivity index (χ2v) is 9.35. The molecule has 2 amide bonds. The van der Waals surface area contributed by atoms with Crippen LogP contribution < -0.4 is 0 Å². The van der Waals surface area contributed by atoms with E-state index in [1.165, 1.54) is 0 Å². The number of carbonyl (C=O) groups is 2. The fourth-order valence-electron chi connectivity index (χ4n) is 5.59. The van der Waals surface area contributed by atoms with Gasteiger partial charge in [0.05, 0.1) is 24.8 Å². The quantitative estimate of drug-likeness (QED) is 0.760. The first-order valence-corrected chi connectivity index (χ1v) is 11.2. The highest BCUT2D eigenvalue weighted by molar-refractivity contribution is 5.87. The standard InChI is InChI=1S/C22H34N4O3/c1-16(2)7-8-22(21(28)25-9-11-29-12-10-25)13-18-4-5-19(22)26(18)20(27)6-3-17-14-23-24-15-17/h14-16,18-19H,3-13H2,1-2H3,(H,23,24)/t18-,19+,22+/m1/s1. The number of carbonyl (C=O) groups excluding carboxylic acids is 2. The minimum atomic E-state index is -0.407. The zero-order valence-corrected chi connectivity index (χ0v) is 17.7. The summed E-state index contributed by atoms with van der Waals surface area (Å²) in [5.74, 6) is 1.01. The van der Waals surface area contributed by atoms with Crippen LogP contribution in [0.4, 0.5) is 0 Å². The molecule has 3 saturated heterocycles. The van der Waals surface area contributed by atoms with Crippen LogP contribution in [-0.2, 0) is 20.7 Å². The number of aromatic amines is 1. The number of fused-ring (bicyclic) bond motifs is 2. The van der Waals surface area contributed by atoms with E-state index < -0.39 is 5.41 Å². The molecule has 7 nitrogen and oxygen atoms in total. The average molecular weight is 403 g/mol. The third kappa shape index (κ3) is 3.93. The van der Waals surface area contributed by atoms with Crippen LogP contribution in [0.5, 0.6) is 0 Å². The third-order valence-electron chi connectivity index (χ3n) is 7.10. The van der Waals surface area contributed by atoms with E-state index in [0.717, 1.165) is 37.7 Å². The average Bonchev–Trinajstić information content (AvgIpc) is 3.46. The molecule has 0 aromatic carbocycles. The normalized spacial score (nSPS) is 29.1. The Morgan fingerprint density at radius 3 is 2.79 bits per heavy atom. The minimum Gasteiger partial charge on any atom is -0.378 e. The van der Waals surface area contributed by atoms with Crippen molar-refractivity contribution in [2.24, 2.45) is 11.3 Å². The summed E-state index contributed by atoms with van der Waals surface area (Å²) in [6.45, 7) is 7.02. The lowest BCUT2D eigenvalue weighted by atomic mass is 9.69. The van der Waals surface area contributed by atoms with Gasteiger partial charge in [0.1, 0.15) is 0 Å². The lowest BCUT2D eigenvalue weighted by molar-refractivity contribution is -0.150. The number of morpholine rings is 1. The fraction of sp³-hybridized carbons (Fsp3) is 0.773. The molecule has 4 rings (SSSR count). The van der Waals surface area contributed by atoms with Crippen LogP contribution in [0, 0.1) is 11.3 Å². The monoisotopic (exact) mass is 402 g/mol. The summed E-state index contributed by atoms with van der Waals surface area (Å²) in [5.41, 5.74) is 0.649. The third-order valence-corrected chi connectivity index (χ3v) is 7.10. The van der Waals surface area contributed by atoms with E-state index in [-0.39, 0.29) is 23.9 Å². The molecule has 7 heteroatoms. The Labute approximate surface area is 173 Å². The highest BCUT2D eigenvalue weighted by Gasteiger charge is 2.61. The number of ether oxygens (including phenoxy) is 1. The minimum absolute atomic E-state index is 0.0541. The van der Waals surface area contributed by atoms with Gasteiger partial charge >= 0.3 is 0 Å². The van der Waals surface area contributed by atoms with E-state index in [1.54, 1.807) is 6.20 Å². The molecule has 160 valence electrons. The van der Waals surface area contributed by atoms with Crippen LogP contribution >= 0.6 is 0 Å². The number of aryl methyl sites for hydroxylation is 1. The first-order chi connectivity index (χ1) is 14.0. The molecule has 0 radical (unpaired) electrons. The van der Waals surface area contributed by atoms with Gasteiger partial charge in [0.15, 0.2) is 0 Å². The van der Waals surface area contributed by atoms with Gasteiger partial charge in [-0.05, 0) is 50.0 Å². The number of nitrogens with zero attached hydrogens (tertiary/aromatic N) is 3. The fourth-order valence-corrected chi connectivity index (χ4v) is 5.59. The van der Waals surface area contributed by atoms with Crippen molar-refractivity contribution in [3.8, 4) is 0 Å². The van der Waals surface area contributed by atoms with E-state index in [9.17, 15) is 9.59 Å². The molecule has 1 aromatic rings. The predicted octanol–water partition coefficient (Wildman–Crippen LogP) is 2.39. The predicted molar refractivity (Wildman–Crippen MR) is 109 cm³/mol. The highest BCUT2D eigenvalue weighted by atomic mass is 16.5. The van der Waals surface area contributed by atoms with Gasteiger partial charge in [-0.1, -0.05) is 13.8 Å². The topological polar surface area (TPSA) is 78.5 Å². The number of amides is 2. The summed E-state index contributed by atoms with van der Waals surface area (Å²) in [4.78, 5) is 31.0. The Morgan fingerprint density at radius 1 is 1.31 bits per heavy atom. The molecule has 0 spiro atoms. The van der Waals surface area contributed by atoms with Crippen molar-refractivity contribution in [3.63, 3.8) is 0 Å². The van der Waals surface area contributed by atoms with E-state index in [0.29, 0.717) is 45.1 Å². The smallest absolute Gasteiger partial charge is 0.231 e. The molecule has 2 bridgehead atoms. The second kappa shape index (κ2) is 8.46. The number of aromatic nitrogens is 2. The van der Waals surface area contributed by atoms with Gasteiger partial charge < -0.3 is 14.5 Å². The summed E-state index contributed by atoms with van der Waals surface area (Å²) < 4.78 is 5.47. The van der Waals surface area contributed by atoms with E-state index >= 15 is 0 Å². The molecular formula is C22H34N4O3. The van der Waals surface area contributed by atoms with Crippen molar-refractivity contribution in [1.82, 2.24) is 20.0 Å². The van der Waals surface area contributed by atoms with Gasteiger partial charge in [-0.15, -0.1) is 0 Å². The molecule has 4 heterocycles. The molecule has 0 aliphatic carbocycles. The summed E-state index contributed by atoms with van der Waals surface area (Å²) >= 11 is 0. The lowest BCUT2D eigenvalue weighted by Gasteiger charge is -2.41. The molecule has 3 aliphatic heterocycles. The summed E-state index contributed by atoms with van der Waals surface area (Å²) in [5, 5.41) is 6.78. The lowest BCUT2D eigenvalue weighted by Crippen LogP contribution is -2.54. The molecule has 3 atom stereocenters. The van der Waals surface area contributed by atoms with Crippen molar-refractivity contribution in [2.75, 3.05) is 26.3 Å². The number of rotatable bonds is 7. The largest absolute Gasteiger partial charge is 0.378 e. The Kier molecular flexibility index (Phi) is 5.95. The highest BCUT2D eigenvalue weighted by Crippen LogP contribution is 2.54. The van der Waals surface area contributed by atoms with Crippen LogP contribution in [0.3, 0.4) is 0 Å². The van der Waals surface area contributed by atoms with E-state index in [4.69, 9.17) is 4.74 Å². The first kappa shape index (κ1) is 20.4. The number of nitrogens with one attached hydrogen (secondary N) is 1. The van der Waals surface area contributed by atoms with Gasteiger partial charge in [-0.25, -0.2) is 0 Å². The van der Waals surface area contributed by atoms with Crippen LogP contribution in [0.15, 0.2) is 12.4 Å². The van der Waals surface area contributed by atoms with Gasteiger partial charge in [0.2, 0.25) is 11.8 Å². The molecule has 1 aromatic heterocycles. The van der Waals surface area contributed by atoms with Crippen LogP contribution in [0.2, 0.25) is 0 Å². The number of hydrogen-bond donors (Lipinski definition) is 1. The number of hydrogen-bond acceptors (Lipinski definition) is 4. The summed E-state index contributed by atoms with van der Waals surface area (Å²) in [6, 6.07) is 0.271. The molecular weight excluding hydrogens is 368 g/mol. The van der Waals surface area contributed by atoms with Crippen molar-refractivity contribution < 1.29 is 14.3 Å². The van der Waals surface area contributed by atoms with Gasteiger partial charge in [0.25, 0.3) is 0 Å². The maximum atomic E-state index is 13.8. The van der Waals surface area contributed by atoms with Gasteiger partial charge in [-0.3, -0.25) is 14.7 Å². The SMILES string of the molecule is CC(C)CC[C@]1(C(=O)N2CCOCC2)C[C@H]2CC[C@@H]1N2C(=O)CCc1cn[nH]c1. The van der Waals surface area contributed by atoms with Crippen LogP contribution in [-0.4, -0.2) is 70.2 Å². The van der Waals surface area contributed by atoms with Crippen molar-refractivity contribution in [2.45, 2.75) is 70.9 Å². The number of H-pyrrole nitrogens is 1. The van der Waals surface area contributed by atoms with Gasteiger partial charge in [-0.2, -0.15) is 5.10 Å². The second-order valence-electron chi connectivity index (χ2n) is 9.35. The Morgan fingerprint density at radius 2 is 2.10 bits per heavy atom. The molecule has 0 unspecified atom stereocenters. The Bertz CT molecular complexity index is 714. The Balaban J connectivity index is 1.52. The molecule has 0 saturated carbocycles. The first-order valence-electron chi connectivity index (χ1n) is 11.2. The van der Waals surface area contributed by atoms with Crippen LogP contribution in [0.25, 0.3) is 0 Å². The van der Waals surface area contributed by atoms with E-state index in [2.05, 4.69) is 28.9 Å². The summed E-state index contributed by atoms with van der Waals surface area (Å²) in [7, 11) is 0. The zero-order valence-electron chi connectivity index (χ0n) is 17.7. The zero-order chi connectivity index (χ0) is 20.4. The van der Waals surface area contributed by atoms with Crippen molar-refractivity contribution in [1.29, 1.82) is 0 Å². The molecule has 1 N–H and O–H groups in total. The summed E-state index contributed by atoms with van der Waals surface area (Å²) in [6.07, 6.45) is 9.53. The maximum Gasteiger partial charge on any atom is 0.231 e. The Hall–Kier alpha value is -1.89. The molecule has 3 fully saturated rings. The van der Waals surface area contributed by atoms with Crippen LogP contribution in [0.1, 0.15) is 57.9 Å². The van der Waals surface area contributed by atoms with Crippen molar-refractivity contribution in [3.05, 3.63) is 18.0 Å². The van der Waals surface area contributed by atoms with Gasteiger partial charge in [0, 0.05) is 37.8 Å².